The number of amides is 1. The van der Waals surface area contributed by atoms with E-state index in [1.807, 2.05) is 6.92 Å². The van der Waals surface area contributed by atoms with Crippen LogP contribution in [0.1, 0.15) is 37.3 Å². The zero-order chi connectivity index (χ0) is 17.9. The lowest BCUT2D eigenvalue weighted by molar-refractivity contribution is -0.117. The van der Waals surface area contributed by atoms with Crippen LogP contribution >= 0.6 is 0 Å². The summed E-state index contributed by atoms with van der Waals surface area (Å²) in [6.07, 6.45) is 3.85. The second-order valence-corrected chi connectivity index (χ2v) is 7.30. The molecule has 3 rings (SSSR count). The second-order valence-electron chi connectivity index (χ2n) is 5.70. The normalized spacial score (nSPS) is 19.0. The Morgan fingerprint density at radius 2 is 1.96 bits per heavy atom. The molecule has 1 aromatic rings. The number of benzene rings is 1. The van der Waals surface area contributed by atoms with Gasteiger partial charge in [-0.1, -0.05) is 13.3 Å². The number of phenolic OH excluding ortho intramolecular Hbond substituents is 1. The summed E-state index contributed by atoms with van der Waals surface area (Å²) in [5.74, 6) is -1.94. The van der Waals surface area contributed by atoms with Crippen LogP contribution in [-0.4, -0.2) is 32.5 Å². The highest BCUT2D eigenvalue weighted by Crippen LogP contribution is 2.39. The average molecular weight is 359 g/mol. The lowest BCUT2D eigenvalue weighted by atomic mass is 10.0. The Labute approximate surface area is 140 Å². The van der Waals surface area contributed by atoms with Crippen LogP contribution in [0.5, 0.6) is 5.75 Å². The first-order valence-corrected chi connectivity index (χ1v) is 9.32. The number of nitrogens with two attached hydrogens (primary N) is 1. The highest BCUT2D eigenvalue weighted by Gasteiger charge is 2.38. The number of fused-ring (bicyclic) bond motifs is 1. The van der Waals surface area contributed by atoms with Gasteiger partial charge in [-0.15, -0.1) is 0 Å². The maximum absolute atomic E-state index is 14.7. The molecule has 0 spiro atoms. The maximum atomic E-state index is 14.7. The summed E-state index contributed by atoms with van der Waals surface area (Å²) >= 11 is 0. The zero-order valence-electron chi connectivity index (χ0n) is 13.5. The fraction of sp³-hybridized carbons (Fsp3) is 0.533. The number of hydrogen-bond donors (Lipinski definition) is 3. The van der Waals surface area contributed by atoms with Gasteiger partial charge in [0.15, 0.2) is 5.82 Å². The summed E-state index contributed by atoms with van der Waals surface area (Å²) in [7, 11) is -4.14. The molecule has 1 amide bonds. The van der Waals surface area contributed by atoms with E-state index in [2.05, 4.69) is 0 Å². The highest BCUT2D eigenvalue weighted by atomic mass is 32.2. The monoisotopic (exact) mass is 359 g/mol. The molecule has 4 N–H and O–H groups in total. The van der Waals surface area contributed by atoms with Crippen LogP contribution in [0.4, 0.5) is 10.1 Å². The molecule has 0 unspecified atom stereocenters. The van der Waals surface area contributed by atoms with Crippen molar-refractivity contribution in [3.8, 4) is 5.75 Å². The molecule has 134 valence electrons. The standard InChI is InChI=1S/C13H15FN2O4S.C2H7N/c14-12-9-5-3-1-2-4-8(9)6-10(17)13(12)16-7-11(18)15-21(16,19)20;1-2-3/h6,17H,1-5,7H2,(H,15,18);2-3H2,1H3. The molecular weight excluding hydrogens is 337 g/mol. The highest BCUT2D eigenvalue weighted by molar-refractivity contribution is 7.92. The Morgan fingerprint density at radius 1 is 1.33 bits per heavy atom. The summed E-state index contributed by atoms with van der Waals surface area (Å²) in [5, 5.41) is 10.0. The molecule has 1 aliphatic heterocycles. The summed E-state index contributed by atoms with van der Waals surface area (Å²) in [5.41, 5.74) is 5.56. The zero-order valence-corrected chi connectivity index (χ0v) is 14.3. The molecule has 1 aliphatic carbocycles. The minimum Gasteiger partial charge on any atom is -0.506 e. The van der Waals surface area contributed by atoms with Crippen LogP contribution in [-0.2, 0) is 27.8 Å². The van der Waals surface area contributed by atoms with E-state index in [-0.39, 0.29) is 0 Å². The van der Waals surface area contributed by atoms with Crippen molar-refractivity contribution in [1.29, 1.82) is 0 Å². The maximum Gasteiger partial charge on any atom is 0.326 e. The summed E-state index contributed by atoms with van der Waals surface area (Å²) in [6, 6.07) is 1.41. The first-order chi connectivity index (χ1) is 11.3. The molecule has 1 aromatic carbocycles. The van der Waals surface area contributed by atoms with E-state index in [9.17, 15) is 22.7 Å². The third-order valence-electron chi connectivity index (χ3n) is 3.86. The Bertz CT molecular complexity index is 737. The minimum absolute atomic E-state index is 0.436. The second kappa shape index (κ2) is 7.35. The van der Waals surface area contributed by atoms with Crippen molar-refractivity contribution in [3.05, 3.63) is 23.0 Å². The number of carbonyl (C=O) groups excluding carboxylic acids is 1. The van der Waals surface area contributed by atoms with Crippen molar-refractivity contribution >= 4 is 21.8 Å². The minimum atomic E-state index is -4.14. The molecule has 1 saturated heterocycles. The third kappa shape index (κ3) is 3.62. The molecule has 7 nitrogen and oxygen atoms in total. The fourth-order valence-corrected chi connectivity index (χ4v) is 4.05. The Morgan fingerprint density at radius 3 is 2.54 bits per heavy atom. The first kappa shape index (κ1) is 18.5. The summed E-state index contributed by atoms with van der Waals surface area (Å²) in [6.45, 7) is 2.13. The fourth-order valence-electron chi connectivity index (χ4n) is 2.89. The number of nitrogens with one attached hydrogen (secondary N) is 1. The Balaban J connectivity index is 0.000000647. The van der Waals surface area contributed by atoms with E-state index in [1.165, 1.54) is 6.07 Å². The van der Waals surface area contributed by atoms with Gasteiger partial charge >= 0.3 is 10.2 Å². The topological polar surface area (TPSA) is 113 Å². The largest absolute Gasteiger partial charge is 0.506 e. The molecule has 24 heavy (non-hydrogen) atoms. The molecule has 1 heterocycles. The molecule has 0 bridgehead atoms. The molecule has 9 heteroatoms. The Kier molecular flexibility index (Phi) is 5.66. The van der Waals surface area contributed by atoms with E-state index in [0.29, 0.717) is 28.3 Å². The van der Waals surface area contributed by atoms with Crippen molar-refractivity contribution in [2.24, 2.45) is 5.73 Å². The molecule has 2 aliphatic rings. The van der Waals surface area contributed by atoms with Crippen LogP contribution in [0.15, 0.2) is 6.07 Å². The van der Waals surface area contributed by atoms with Crippen molar-refractivity contribution < 1.29 is 22.7 Å². The van der Waals surface area contributed by atoms with E-state index in [4.69, 9.17) is 5.73 Å². The van der Waals surface area contributed by atoms with Crippen molar-refractivity contribution in [1.82, 2.24) is 4.72 Å². The number of aromatic hydroxyl groups is 1. The van der Waals surface area contributed by atoms with Gasteiger partial charge in [0.05, 0.1) is 0 Å². The van der Waals surface area contributed by atoms with Gasteiger partial charge in [-0.3, -0.25) is 4.79 Å². The smallest absolute Gasteiger partial charge is 0.326 e. The van der Waals surface area contributed by atoms with E-state index in [1.54, 1.807) is 4.72 Å². The number of aryl methyl sites for hydroxylation is 1. The van der Waals surface area contributed by atoms with E-state index >= 15 is 0 Å². The van der Waals surface area contributed by atoms with Gasteiger partial charge in [-0.25, -0.2) is 13.4 Å². The molecule has 0 saturated carbocycles. The first-order valence-electron chi connectivity index (χ1n) is 7.88. The number of phenols is 1. The predicted octanol–water partition coefficient (Wildman–Crippen LogP) is 0.946. The van der Waals surface area contributed by atoms with E-state index in [0.717, 1.165) is 25.8 Å². The van der Waals surface area contributed by atoms with Gasteiger partial charge in [0.2, 0.25) is 0 Å². The van der Waals surface area contributed by atoms with Crippen LogP contribution in [0.25, 0.3) is 0 Å². The average Bonchev–Trinajstić information content (AvgIpc) is 2.65. The lowest BCUT2D eigenvalue weighted by Crippen LogP contribution is -2.30. The van der Waals surface area contributed by atoms with E-state index < -0.39 is 39.9 Å². The summed E-state index contributed by atoms with van der Waals surface area (Å²) < 4.78 is 40.7. The van der Waals surface area contributed by atoms with Gasteiger partial charge < -0.3 is 10.8 Å². The van der Waals surface area contributed by atoms with Crippen LogP contribution in [0.3, 0.4) is 0 Å². The number of anilines is 1. The molecule has 0 atom stereocenters. The van der Waals surface area contributed by atoms with Crippen molar-refractivity contribution in [3.63, 3.8) is 0 Å². The Hall–Kier alpha value is -1.87. The van der Waals surface area contributed by atoms with Crippen LogP contribution in [0, 0.1) is 5.82 Å². The number of carbonyl (C=O) groups is 1. The number of rotatable bonds is 1. The number of nitrogens with zero attached hydrogens (tertiary/aromatic N) is 1. The quantitative estimate of drug-likeness (QED) is 0.646. The van der Waals surface area contributed by atoms with Gasteiger partial charge in [-0.2, -0.15) is 8.42 Å². The van der Waals surface area contributed by atoms with Crippen molar-refractivity contribution in [2.45, 2.75) is 39.0 Å². The van der Waals surface area contributed by atoms with Crippen LogP contribution in [0.2, 0.25) is 0 Å². The van der Waals surface area contributed by atoms with Gasteiger partial charge in [0, 0.05) is 0 Å². The molecule has 0 aromatic heterocycles. The van der Waals surface area contributed by atoms with Crippen LogP contribution < -0.4 is 14.8 Å². The SMILES string of the molecule is CCN.O=C1CN(c2c(O)cc3c(c2F)CCCCC3)S(=O)(=O)N1. The number of hydrogen-bond acceptors (Lipinski definition) is 5. The molecule has 1 fully saturated rings. The van der Waals surface area contributed by atoms with Gasteiger partial charge in [-0.05, 0) is 49.4 Å². The van der Waals surface area contributed by atoms with Crippen molar-refractivity contribution in [2.75, 3.05) is 17.4 Å². The van der Waals surface area contributed by atoms with Gasteiger partial charge in [0.1, 0.15) is 18.0 Å². The number of halogens is 1. The summed E-state index contributed by atoms with van der Waals surface area (Å²) in [4.78, 5) is 11.3. The van der Waals surface area contributed by atoms with Gasteiger partial charge in [0.25, 0.3) is 5.91 Å². The molecular formula is C15H22FN3O4S. The third-order valence-corrected chi connectivity index (χ3v) is 5.23. The lowest BCUT2D eigenvalue weighted by Gasteiger charge is -2.20. The molecule has 0 radical (unpaired) electrons. The predicted molar refractivity (Wildman–Crippen MR) is 88.5 cm³/mol.